The summed E-state index contributed by atoms with van der Waals surface area (Å²) in [6, 6.07) is 11.1. The van der Waals surface area contributed by atoms with E-state index in [1.807, 2.05) is 37.4 Å². The Bertz CT molecular complexity index is 1300. The van der Waals surface area contributed by atoms with E-state index in [4.69, 9.17) is 4.74 Å². The lowest BCUT2D eigenvalue weighted by Gasteiger charge is -2.17. The second-order valence-electron chi connectivity index (χ2n) is 7.74. The Morgan fingerprint density at radius 3 is 2.70 bits per heavy atom. The molecule has 0 radical (unpaired) electrons. The second kappa shape index (κ2) is 8.65. The van der Waals surface area contributed by atoms with E-state index in [-0.39, 0.29) is 11.8 Å². The van der Waals surface area contributed by atoms with Gasteiger partial charge in [0.15, 0.2) is 11.6 Å². The Hall–Kier alpha value is -4.34. The van der Waals surface area contributed by atoms with Crippen molar-refractivity contribution in [3.8, 4) is 28.4 Å². The van der Waals surface area contributed by atoms with Gasteiger partial charge in [0.1, 0.15) is 12.1 Å². The fraction of sp³-hybridized carbons (Fsp3) is 0.217. The quantitative estimate of drug-likeness (QED) is 0.447. The first-order valence-electron chi connectivity index (χ1n) is 10.5. The molecule has 10 heteroatoms. The van der Waals surface area contributed by atoms with Gasteiger partial charge in [0.25, 0.3) is 0 Å². The number of hydrogen-bond acceptors (Lipinski definition) is 8. The monoisotopic (exact) mass is 442 g/mol. The molecule has 10 nitrogen and oxygen atoms in total. The van der Waals surface area contributed by atoms with Crippen molar-refractivity contribution in [2.24, 2.45) is 13.0 Å². The van der Waals surface area contributed by atoms with Crippen molar-refractivity contribution >= 4 is 23.1 Å². The molecule has 0 aliphatic heterocycles. The van der Waals surface area contributed by atoms with Gasteiger partial charge in [0.2, 0.25) is 5.91 Å². The van der Waals surface area contributed by atoms with E-state index in [1.54, 1.807) is 36.6 Å². The molecule has 3 heterocycles. The highest BCUT2D eigenvalue weighted by Crippen LogP contribution is 2.39. The van der Waals surface area contributed by atoms with Gasteiger partial charge in [-0.05, 0) is 37.1 Å². The fourth-order valence-corrected chi connectivity index (χ4v) is 3.49. The highest BCUT2D eigenvalue weighted by Gasteiger charge is 2.30. The van der Waals surface area contributed by atoms with Gasteiger partial charge in [-0.15, -0.1) is 0 Å². The molecule has 0 spiro atoms. The van der Waals surface area contributed by atoms with Gasteiger partial charge >= 0.3 is 0 Å². The van der Waals surface area contributed by atoms with E-state index >= 15 is 0 Å². The normalized spacial score (nSPS) is 12.9. The predicted molar refractivity (Wildman–Crippen MR) is 123 cm³/mol. The first-order chi connectivity index (χ1) is 16.1. The molecule has 1 aliphatic rings. The number of para-hydroxylation sites is 1. The van der Waals surface area contributed by atoms with Crippen molar-refractivity contribution < 1.29 is 9.53 Å². The first kappa shape index (κ1) is 20.6. The number of nitrogens with zero attached hydrogens (tertiary/aromatic N) is 6. The number of aromatic nitrogens is 6. The summed E-state index contributed by atoms with van der Waals surface area (Å²) in [5.41, 5.74) is 3.53. The number of rotatable bonds is 7. The minimum atomic E-state index is -0.0125. The van der Waals surface area contributed by atoms with Gasteiger partial charge in [-0.3, -0.25) is 9.48 Å². The molecule has 1 aromatic carbocycles. The molecule has 1 saturated carbocycles. The van der Waals surface area contributed by atoms with Gasteiger partial charge < -0.3 is 15.4 Å². The molecule has 166 valence electrons. The largest absolute Gasteiger partial charge is 0.494 e. The summed E-state index contributed by atoms with van der Waals surface area (Å²) in [5.74, 6) is 1.67. The standard InChI is InChI=1S/C23H22N8O2/c1-31-13-25-22(30-31)15-5-3-6-18(21(15)33-2)27-19-11-20(28-23(32)14-8-9-14)24-12-16(19)17-7-4-10-26-29-17/h3-7,10-14H,8-9H2,1-2H3,(H2,24,27,28,32). The highest BCUT2D eigenvalue weighted by molar-refractivity contribution is 5.94. The molecular weight excluding hydrogens is 420 g/mol. The van der Waals surface area contributed by atoms with Crippen LogP contribution in [0.5, 0.6) is 5.75 Å². The van der Waals surface area contributed by atoms with E-state index in [0.717, 1.165) is 24.0 Å². The van der Waals surface area contributed by atoms with Gasteiger partial charge in [-0.1, -0.05) is 6.07 Å². The first-order valence-corrected chi connectivity index (χ1v) is 10.5. The van der Waals surface area contributed by atoms with Crippen molar-refractivity contribution in [2.75, 3.05) is 17.7 Å². The highest BCUT2D eigenvalue weighted by atomic mass is 16.5. The zero-order chi connectivity index (χ0) is 22.8. The number of amides is 1. The molecule has 1 aliphatic carbocycles. The van der Waals surface area contributed by atoms with Gasteiger partial charge in [0, 0.05) is 37.0 Å². The molecule has 0 unspecified atom stereocenters. The summed E-state index contributed by atoms with van der Waals surface area (Å²) in [5, 5.41) is 18.9. The number of ether oxygens (including phenoxy) is 1. The SMILES string of the molecule is COc1c(Nc2cc(NC(=O)C3CC3)ncc2-c2cccnn2)cccc1-c1ncn(C)n1. The van der Waals surface area contributed by atoms with Crippen LogP contribution < -0.4 is 15.4 Å². The zero-order valence-electron chi connectivity index (χ0n) is 18.2. The molecule has 5 rings (SSSR count). The number of hydrogen-bond donors (Lipinski definition) is 2. The van der Waals surface area contributed by atoms with Gasteiger partial charge in [-0.2, -0.15) is 15.3 Å². The minimum Gasteiger partial charge on any atom is -0.494 e. The van der Waals surface area contributed by atoms with Crippen LogP contribution in [0.15, 0.2) is 55.1 Å². The third kappa shape index (κ3) is 4.36. The summed E-state index contributed by atoms with van der Waals surface area (Å²) in [6.07, 6.45) is 6.76. The molecule has 1 amide bonds. The maximum atomic E-state index is 12.3. The number of carbonyl (C=O) groups is 1. The number of methoxy groups -OCH3 is 1. The Kier molecular flexibility index (Phi) is 5.39. The van der Waals surface area contributed by atoms with Crippen molar-refractivity contribution in [3.05, 3.63) is 55.1 Å². The zero-order valence-corrected chi connectivity index (χ0v) is 18.2. The van der Waals surface area contributed by atoms with Crippen molar-refractivity contribution in [2.45, 2.75) is 12.8 Å². The van der Waals surface area contributed by atoms with Gasteiger partial charge in [0.05, 0.1) is 29.7 Å². The third-order valence-corrected chi connectivity index (χ3v) is 5.28. The molecular formula is C23H22N8O2. The average Bonchev–Trinajstić information content (AvgIpc) is 3.60. The Labute approximate surface area is 190 Å². The average molecular weight is 442 g/mol. The van der Waals surface area contributed by atoms with Crippen molar-refractivity contribution in [3.63, 3.8) is 0 Å². The van der Waals surface area contributed by atoms with Crippen LogP contribution in [0.3, 0.4) is 0 Å². The van der Waals surface area contributed by atoms with Crippen molar-refractivity contribution in [1.29, 1.82) is 0 Å². The molecule has 33 heavy (non-hydrogen) atoms. The number of pyridine rings is 1. The third-order valence-electron chi connectivity index (χ3n) is 5.28. The molecule has 1 fully saturated rings. The molecule has 3 aromatic heterocycles. The number of carbonyl (C=O) groups excluding carboxylic acids is 1. The summed E-state index contributed by atoms with van der Waals surface area (Å²) in [7, 11) is 3.41. The van der Waals surface area contributed by atoms with Crippen LogP contribution in [-0.4, -0.2) is 43.0 Å². The van der Waals surface area contributed by atoms with Crippen LogP contribution in [0.2, 0.25) is 0 Å². The van der Waals surface area contributed by atoms with E-state index in [2.05, 4.69) is 35.9 Å². The molecule has 0 bridgehead atoms. The van der Waals surface area contributed by atoms with Crippen LogP contribution in [0.25, 0.3) is 22.6 Å². The lowest BCUT2D eigenvalue weighted by atomic mass is 10.1. The van der Waals surface area contributed by atoms with E-state index in [9.17, 15) is 4.79 Å². The fourth-order valence-electron chi connectivity index (χ4n) is 3.49. The van der Waals surface area contributed by atoms with E-state index in [1.165, 1.54) is 0 Å². The summed E-state index contributed by atoms with van der Waals surface area (Å²) in [4.78, 5) is 21.0. The van der Waals surface area contributed by atoms with Crippen LogP contribution in [0.4, 0.5) is 17.2 Å². The maximum Gasteiger partial charge on any atom is 0.228 e. The minimum absolute atomic E-state index is 0.0125. The lowest BCUT2D eigenvalue weighted by Crippen LogP contribution is -2.14. The molecule has 0 atom stereocenters. The Morgan fingerprint density at radius 1 is 1.12 bits per heavy atom. The number of nitrogens with one attached hydrogen (secondary N) is 2. The Balaban J connectivity index is 1.55. The maximum absolute atomic E-state index is 12.3. The van der Waals surface area contributed by atoms with E-state index in [0.29, 0.717) is 34.5 Å². The van der Waals surface area contributed by atoms with Crippen LogP contribution in [-0.2, 0) is 11.8 Å². The van der Waals surface area contributed by atoms with Crippen LogP contribution >= 0.6 is 0 Å². The number of anilines is 3. The Morgan fingerprint density at radius 2 is 2.00 bits per heavy atom. The smallest absolute Gasteiger partial charge is 0.228 e. The summed E-state index contributed by atoms with van der Waals surface area (Å²) in [6.45, 7) is 0. The molecule has 4 aromatic rings. The topological polar surface area (TPSA) is 120 Å². The lowest BCUT2D eigenvalue weighted by molar-refractivity contribution is -0.117. The summed E-state index contributed by atoms with van der Waals surface area (Å²) < 4.78 is 7.37. The molecule has 2 N–H and O–H groups in total. The summed E-state index contributed by atoms with van der Waals surface area (Å²) >= 11 is 0. The predicted octanol–water partition coefficient (Wildman–Crippen LogP) is 3.43. The van der Waals surface area contributed by atoms with Crippen LogP contribution in [0.1, 0.15) is 12.8 Å². The van der Waals surface area contributed by atoms with Crippen molar-refractivity contribution in [1.82, 2.24) is 29.9 Å². The number of aryl methyl sites for hydroxylation is 1. The number of benzene rings is 1. The van der Waals surface area contributed by atoms with E-state index < -0.39 is 0 Å². The second-order valence-corrected chi connectivity index (χ2v) is 7.74. The van der Waals surface area contributed by atoms with Crippen LogP contribution in [0, 0.1) is 5.92 Å². The van der Waals surface area contributed by atoms with Gasteiger partial charge in [-0.25, -0.2) is 9.97 Å². The molecule has 0 saturated heterocycles.